The van der Waals surface area contributed by atoms with E-state index in [9.17, 15) is 18.0 Å². The minimum Gasteiger partial charge on any atom is -0.481 e. The molecule has 138 valence electrons. The van der Waals surface area contributed by atoms with Crippen molar-refractivity contribution in [1.29, 1.82) is 0 Å². The predicted octanol–water partition coefficient (Wildman–Crippen LogP) is 1.60. The molecular formula is C17H24N2O5S. The van der Waals surface area contributed by atoms with Gasteiger partial charge < -0.3 is 15.3 Å². The summed E-state index contributed by atoms with van der Waals surface area (Å²) < 4.78 is 24.3. The van der Waals surface area contributed by atoms with Gasteiger partial charge in [-0.1, -0.05) is 25.1 Å². The molecule has 0 bridgehead atoms. The fraction of sp³-hybridized carbons (Fsp3) is 0.529. The Kier molecular flexibility index (Phi) is 6.41. The van der Waals surface area contributed by atoms with Gasteiger partial charge >= 0.3 is 12.0 Å². The molecule has 2 amide bonds. The fourth-order valence-electron chi connectivity index (χ4n) is 3.01. The van der Waals surface area contributed by atoms with Crippen LogP contribution in [0.3, 0.4) is 0 Å². The molecule has 0 radical (unpaired) electrons. The molecule has 1 aromatic rings. The zero-order valence-electron chi connectivity index (χ0n) is 14.2. The molecule has 0 saturated carbocycles. The Bertz CT molecular complexity index is 705. The lowest BCUT2D eigenvalue weighted by Gasteiger charge is -2.34. The zero-order chi connectivity index (χ0) is 18.4. The van der Waals surface area contributed by atoms with Crippen LogP contribution in [-0.4, -0.2) is 55.8 Å². The summed E-state index contributed by atoms with van der Waals surface area (Å²) in [7, 11) is -3.35. The third-order valence-corrected chi connectivity index (χ3v) is 6.08. The van der Waals surface area contributed by atoms with Crippen LogP contribution in [0.4, 0.5) is 4.79 Å². The number of hydrogen-bond acceptors (Lipinski definition) is 4. The number of rotatable bonds is 6. The van der Waals surface area contributed by atoms with Crippen molar-refractivity contribution in [3.05, 3.63) is 30.3 Å². The first-order valence-corrected chi connectivity index (χ1v) is 9.98. The highest BCUT2D eigenvalue weighted by molar-refractivity contribution is 7.91. The number of piperidine rings is 1. The highest BCUT2D eigenvalue weighted by Crippen LogP contribution is 2.21. The second-order valence-electron chi connectivity index (χ2n) is 6.50. The molecule has 2 rings (SSSR count). The maximum atomic E-state index is 12.2. The van der Waals surface area contributed by atoms with Crippen LogP contribution < -0.4 is 5.32 Å². The van der Waals surface area contributed by atoms with Crippen molar-refractivity contribution in [3.63, 3.8) is 0 Å². The average Bonchev–Trinajstić information content (AvgIpc) is 2.58. The van der Waals surface area contributed by atoms with E-state index in [-0.39, 0.29) is 35.7 Å². The van der Waals surface area contributed by atoms with Gasteiger partial charge in [0.2, 0.25) is 0 Å². The number of hydrogen-bond donors (Lipinski definition) is 2. The lowest BCUT2D eigenvalue weighted by Crippen LogP contribution is -2.49. The quantitative estimate of drug-likeness (QED) is 0.742. The number of urea groups is 1. The van der Waals surface area contributed by atoms with E-state index in [0.717, 1.165) is 0 Å². The lowest BCUT2D eigenvalue weighted by molar-refractivity contribution is -0.143. The highest BCUT2D eigenvalue weighted by Gasteiger charge is 2.31. The minimum atomic E-state index is -3.35. The molecular weight excluding hydrogens is 344 g/mol. The summed E-state index contributed by atoms with van der Waals surface area (Å²) in [5.74, 6) is -1.36. The standard InChI is InChI=1S/C17H24N2O5S/c1-13-10-14(16(20)21)12-19(11-13)17(22)18-8-5-9-25(23,24)15-6-3-2-4-7-15/h2-4,6-7,13-14H,5,8-12H2,1H3,(H,18,22)(H,20,21). The number of nitrogens with one attached hydrogen (secondary N) is 1. The van der Waals surface area contributed by atoms with Crippen molar-refractivity contribution in [3.8, 4) is 0 Å². The van der Waals surface area contributed by atoms with Gasteiger partial charge in [-0.2, -0.15) is 0 Å². The second-order valence-corrected chi connectivity index (χ2v) is 8.61. The molecule has 8 heteroatoms. The average molecular weight is 368 g/mol. The molecule has 2 atom stereocenters. The minimum absolute atomic E-state index is 0.0502. The maximum absolute atomic E-state index is 12.2. The molecule has 1 heterocycles. The van der Waals surface area contributed by atoms with E-state index >= 15 is 0 Å². The molecule has 25 heavy (non-hydrogen) atoms. The number of benzene rings is 1. The Morgan fingerprint density at radius 3 is 2.56 bits per heavy atom. The van der Waals surface area contributed by atoms with Gasteiger partial charge in [0, 0.05) is 19.6 Å². The first-order chi connectivity index (χ1) is 11.8. The SMILES string of the molecule is CC1CC(C(=O)O)CN(C(=O)NCCCS(=O)(=O)c2ccccc2)C1. The summed E-state index contributed by atoms with van der Waals surface area (Å²) in [5, 5.41) is 11.8. The molecule has 2 N–H and O–H groups in total. The topological polar surface area (TPSA) is 104 Å². The number of likely N-dealkylation sites (tertiary alicyclic amines) is 1. The van der Waals surface area contributed by atoms with E-state index in [4.69, 9.17) is 5.11 Å². The van der Waals surface area contributed by atoms with Gasteiger partial charge in [0.15, 0.2) is 9.84 Å². The number of carbonyl (C=O) groups excluding carboxylic acids is 1. The van der Waals surface area contributed by atoms with Gasteiger partial charge in [-0.15, -0.1) is 0 Å². The van der Waals surface area contributed by atoms with Crippen LogP contribution >= 0.6 is 0 Å². The molecule has 1 aliphatic heterocycles. The molecule has 7 nitrogen and oxygen atoms in total. The Morgan fingerprint density at radius 2 is 1.92 bits per heavy atom. The van der Waals surface area contributed by atoms with Crippen LogP contribution in [0.25, 0.3) is 0 Å². The van der Waals surface area contributed by atoms with Crippen molar-refractivity contribution >= 4 is 21.8 Å². The van der Waals surface area contributed by atoms with Crippen LogP contribution in [-0.2, 0) is 14.6 Å². The van der Waals surface area contributed by atoms with E-state index < -0.39 is 21.7 Å². The van der Waals surface area contributed by atoms with Crippen LogP contribution in [0.15, 0.2) is 35.2 Å². The van der Waals surface area contributed by atoms with E-state index in [1.807, 2.05) is 6.92 Å². The molecule has 0 spiro atoms. The Morgan fingerprint density at radius 1 is 1.24 bits per heavy atom. The number of aliphatic carboxylic acids is 1. The van der Waals surface area contributed by atoms with E-state index in [1.54, 1.807) is 30.3 Å². The number of carboxylic acid groups (broad SMARTS) is 1. The summed E-state index contributed by atoms with van der Waals surface area (Å²) in [4.78, 5) is 25.1. The summed E-state index contributed by atoms with van der Waals surface area (Å²) >= 11 is 0. The third-order valence-electron chi connectivity index (χ3n) is 4.26. The van der Waals surface area contributed by atoms with Crippen molar-refractivity contribution in [2.45, 2.75) is 24.7 Å². The number of carboxylic acids is 1. The second kappa shape index (κ2) is 8.33. The Hall–Kier alpha value is -2.09. The van der Waals surface area contributed by atoms with Gasteiger partial charge in [-0.05, 0) is 30.9 Å². The van der Waals surface area contributed by atoms with Crippen LogP contribution in [0.5, 0.6) is 0 Å². The van der Waals surface area contributed by atoms with Gasteiger partial charge in [-0.3, -0.25) is 4.79 Å². The summed E-state index contributed by atoms with van der Waals surface area (Å²) in [6, 6.07) is 7.86. The van der Waals surface area contributed by atoms with Gasteiger partial charge in [0.05, 0.1) is 16.6 Å². The zero-order valence-corrected chi connectivity index (χ0v) is 15.0. The monoisotopic (exact) mass is 368 g/mol. The van der Waals surface area contributed by atoms with Crippen molar-refractivity contribution in [2.75, 3.05) is 25.4 Å². The van der Waals surface area contributed by atoms with Gasteiger partial charge in [-0.25, -0.2) is 13.2 Å². The number of amides is 2. The summed E-state index contributed by atoms with van der Waals surface area (Å²) in [5.41, 5.74) is 0. The predicted molar refractivity (Wildman–Crippen MR) is 93.0 cm³/mol. The largest absolute Gasteiger partial charge is 0.481 e. The molecule has 1 fully saturated rings. The molecule has 1 saturated heterocycles. The van der Waals surface area contributed by atoms with Gasteiger partial charge in [0.25, 0.3) is 0 Å². The highest BCUT2D eigenvalue weighted by atomic mass is 32.2. The van der Waals surface area contributed by atoms with Crippen molar-refractivity contribution in [1.82, 2.24) is 10.2 Å². The lowest BCUT2D eigenvalue weighted by atomic mass is 9.91. The summed E-state index contributed by atoms with van der Waals surface area (Å²) in [6.07, 6.45) is 0.864. The van der Waals surface area contributed by atoms with E-state index in [1.165, 1.54) is 4.90 Å². The van der Waals surface area contributed by atoms with Crippen LogP contribution in [0.1, 0.15) is 19.8 Å². The van der Waals surface area contributed by atoms with E-state index in [2.05, 4.69) is 5.32 Å². The van der Waals surface area contributed by atoms with Crippen molar-refractivity contribution < 1.29 is 23.1 Å². The van der Waals surface area contributed by atoms with Crippen LogP contribution in [0, 0.1) is 11.8 Å². The third kappa shape index (κ3) is 5.45. The van der Waals surface area contributed by atoms with E-state index in [0.29, 0.717) is 19.4 Å². The number of carbonyl (C=O) groups is 2. The number of sulfone groups is 1. The number of nitrogens with zero attached hydrogens (tertiary/aromatic N) is 1. The molecule has 1 aromatic carbocycles. The molecule has 0 aliphatic carbocycles. The normalized spacial score (nSPS) is 20.9. The molecule has 1 aliphatic rings. The Balaban J connectivity index is 1.79. The van der Waals surface area contributed by atoms with Crippen LogP contribution in [0.2, 0.25) is 0 Å². The maximum Gasteiger partial charge on any atom is 0.317 e. The van der Waals surface area contributed by atoms with Gasteiger partial charge in [0.1, 0.15) is 0 Å². The first-order valence-electron chi connectivity index (χ1n) is 8.33. The fourth-order valence-corrected chi connectivity index (χ4v) is 4.34. The first kappa shape index (κ1) is 19.2. The molecule has 0 aromatic heterocycles. The Labute approximate surface area is 147 Å². The molecule has 2 unspecified atom stereocenters. The van der Waals surface area contributed by atoms with Crippen molar-refractivity contribution in [2.24, 2.45) is 11.8 Å². The summed E-state index contributed by atoms with van der Waals surface area (Å²) in [6.45, 7) is 2.85. The smallest absolute Gasteiger partial charge is 0.317 e.